The molecular formula is C12H21F9. The molecule has 0 radical (unpaired) electrons. The quantitative estimate of drug-likeness (QED) is 0.457. The summed E-state index contributed by atoms with van der Waals surface area (Å²) in [5, 5.41) is 0. The Kier molecular flexibility index (Phi) is 32.5. The van der Waals surface area contributed by atoms with Crippen LogP contribution in [0.3, 0.4) is 0 Å². The van der Waals surface area contributed by atoms with Crippen LogP contribution in [0.1, 0.15) is 13.3 Å². The van der Waals surface area contributed by atoms with Gasteiger partial charge >= 0.3 is 6.18 Å². The third-order valence-corrected chi connectivity index (χ3v) is 1.24. The molecule has 9 heteroatoms. The lowest BCUT2D eigenvalue weighted by atomic mass is 10.1. The zero-order valence-electron chi connectivity index (χ0n) is 11.7. The first-order valence-corrected chi connectivity index (χ1v) is 5.80. The van der Waals surface area contributed by atoms with Gasteiger partial charge in [-0.2, -0.15) is 13.2 Å². The third-order valence-electron chi connectivity index (χ3n) is 1.24. The number of halogens is 9. The fourth-order valence-electron chi connectivity index (χ4n) is 0.485. The van der Waals surface area contributed by atoms with Gasteiger partial charge in [0.1, 0.15) is 33.4 Å². The molecule has 0 saturated carbocycles. The van der Waals surface area contributed by atoms with Gasteiger partial charge in [-0.15, -0.1) is 6.58 Å². The molecule has 0 aromatic carbocycles. The summed E-state index contributed by atoms with van der Waals surface area (Å²) >= 11 is 0. The fraction of sp³-hybridized carbons (Fsp3) is 0.833. The largest absolute Gasteiger partial charge is 0.394 e. The molecule has 0 rings (SSSR count). The predicted octanol–water partition coefficient (Wildman–Crippen LogP) is 5.54. The lowest BCUT2D eigenvalue weighted by Gasteiger charge is -2.13. The lowest BCUT2D eigenvalue weighted by molar-refractivity contribution is -0.177. The van der Waals surface area contributed by atoms with E-state index in [9.17, 15) is 39.5 Å². The van der Waals surface area contributed by atoms with E-state index in [1.807, 2.05) is 0 Å². The van der Waals surface area contributed by atoms with Crippen LogP contribution in [0, 0.1) is 5.92 Å². The second kappa shape index (κ2) is 24.1. The first-order valence-electron chi connectivity index (χ1n) is 5.80. The molecule has 1 atom stereocenters. The summed E-state index contributed by atoms with van der Waals surface area (Å²) in [7, 11) is 0. The number of hydrogen-bond donors (Lipinski definition) is 0. The molecule has 0 aliphatic heterocycles. The number of hydrogen-bond acceptors (Lipinski definition) is 0. The van der Waals surface area contributed by atoms with Gasteiger partial charge in [0, 0.05) is 0 Å². The van der Waals surface area contributed by atoms with Crippen molar-refractivity contribution in [2.24, 2.45) is 5.92 Å². The Hall–Kier alpha value is -0.890. The van der Waals surface area contributed by atoms with E-state index in [-0.39, 0.29) is 13.1 Å². The maximum Gasteiger partial charge on any atom is 0.394 e. The minimum atomic E-state index is -4.43. The average Bonchev–Trinajstić information content (AvgIpc) is 2.44. The molecule has 0 bridgehead atoms. The molecule has 0 spiro atoms. The van der Waals surface area contributed by atoms with E-state index >= 15 is 0 Å². The number of rotatable bonds is 5. The van der Waals surface area contributed by atoms with E-state index in [1.165, 1.54) is 6.92 Å². The summed E-state index contributed by atoms with van der Waals surface area (Å²) in [5.74, 6) is -1.87. The van der Waals surface area contributed by atoms with Crippen molar-refractivity contribution < 1.29 is 39.5 Å². The monoisotopic (exact) mass is 336 g/mol. The summed E-state index contributed by atoms with van der Waals surface area (Å²) < 4.78 is 98.1. The molecule has 0 nitrogen and oxygen atoms in total. The maximum atomic E-state index is 11.6. The average molecular weight is 336 g/mol. The predicted molar refractivity (Wildman–Crippen MR) is 65.9 cm³/mol. The molecule has 0 aromatic heterocycles. The molecule has 0 aromatic rings. The second-order valence-corrected chi connectivity index (χ2v) is 2.94. The molecule has 0 aliphatic carbocycles. The molecule has 0 fully saturated rings. The third kappa shape index (κ3) is 38.1. The molecule has 0 saturated heterocycles. The van der Waals surface area contributed by atoms with Crippen LogP contribution >= 0.6 is 0 Å². The highest BCUT2D eigenvalue weighted by atomic mass is 19.4. The van der Waals surface area contributed by atoms with E-state index in [0.29, 0.717) is 0 Å². The summed E-state index contributed by atoms with van der Waals surface area (Å²) in [6.45, 7) is -0.451. The summed E-state index contributed by atoms with van der Waals surface area (Å²) in [6, 6.07) is 0. The standard InChI is InChI=1S/C6H8F4.2C2H4F2.C2H5F/c1-2-3-5(4-7)6(8,9)10;2*3-1-2-4;1-2-3/h2,5H,1,3-4H2;2*1-2H2;2H2,1H3. The zero-order chi connectivity index (χ0) is 17.7. The molecule has 1 unspecified atom stereocenters. The smallest absolute Gasteiger partial charge is 0.251 e. The molecule has 0 N–H and O–H groups in total. The van der Waals surface area contributed by atoms with Gasteiger partial charge in [0.05, 0.1) is 12.6 Å². The second-order valence-electron chi connectivity index (χ2n) is 2.94. The highest BCUT2D eigenvalue weighted by Gasteiger charge is 2.38. The SMILES string of the molecule is C=CCC(CF)C(F)(F)F.CCF.FCCF.FCCF. The Morgan fingerprint density at radius 2 is 1.14 bits per heavy atom. The molecule has 0 amide bonds. The highest BCUT2D eigenvalue weighted by molar-refractivity contribution is 4.77. The van der Waals surface area contributed by atoms with Crippen LogP contribution in [-0.2, 0) is 0 Å². The minimum absolute atomic E-state index is 0.250. The summed E-state index contributed by atoms with van der Waals surface area (Å²) in [4.78, 5) is 0. The Balaban J connectivity index is -0.000000109. The van der Waals surface area contributed by atoms with E-state index in [0.717, 1.165) is 6.08 Å². The topological polar surface area (TPSA) is 0 Å². The van der Waals surface area contributed by atoms with E-state index in [1.54, 1.807) is 0 Å². The molecule has 132 valence electrons. The van der Waals surface area contributed by atoms with Crippen molar-refractivity contribution in [1.82, 2.24) is 0 Å². The Morgan fingerprint density at radius 3 is 1.19 bits per heavy atom. The van der Waals surface area contributed by atoms with Crippen molar-refractivity contribution in [1.29, 1.82) is 0 Å². The fourth-order valence-corrected chi connectivity index (χ4v) is 0.485. The van der Waals surface area contributed by atoms with Crippen LogP contribution in [0.15, 0.2) is 12.7 Å². The summed E-state index contributed by atoms with van der Waals surface area (Å²) in [6.07, 6.45) is -3.71. The van der Waals surface area contributed by atoms with Crippen LogP contribution in [0.25, 0.3) is 0 Å². The van der Waals surface area contributed by atoms with Crippen molar-refractivity contribution in [3.63, 3.8) is 0 Å². The van der Waals surface area contributed by atoms with Crippen molar-refractivity contribution in [3.8, 4) is 0 Å². The Labute approximate surface area is 119 Å². The van der Waals surface area contributed by atoms with Crippen molar-refractivity contribution in [2.75, 3.05) is 40.0 Å². The van der Waals surface area contributed by atoms with Crippen LogP contribution in [0.4, 0.5) is 39.5 Å². The van der Waals surface area contributed by atoms with Gasteiger partial charge in [-0.25, -0.2) is 17.6 Å². The van der Waals surface area contributed by atoms with E-state index in [4.69, 9.17) is 0 Å². The van der Waals surface area contributed by atoms with Gasteiger partial charge in [-0.05, 0) is 13.3 Å². The van der Waals surface area contributed by atoms with Crippen LogP contribution in [0.5, 0.6) is 0 Å². The van der Waals surface area contributed by atoms with Crippen LogP contribution < -0.4 is 0 Å². The first kappa shape index (κ1) is 28.3. The van der Waals surface area contributed by atoms with Crippen molar-refractivity contribution in [2.45, 2.75) is 19.5 Å². The number of allylic oxidation sites excluding steroid dienone is 1. The summed E-state index contributed by atoms with van der Waals surface area (Å²) in [5.41, 5.74) is 0. The minimum Gasteiger partial charge on any atom is -0.251 e. The van der Waals surface area contributed by atoms with Gasteiger partial charge in [-0.1, -0.05) is 6.08 Å². The van der Waals surface area contributed by atoms with Gasteiger partial charge in [0.2, 0.25) is 0 Å². The lowest BCUT2D eigenvalue weighted by Crippen LogP contribution is -2.23. The maximum absolute atomic E-state index is 11.6. The number of alkyl halides is 9. The molecule has 0 heterocycles. The van der Waals surface area contributed by atoms with Gasteiger partial charge < -0.3 is 0 Å². The van der Waals surface area contributed by atoms with Gasteiger partial charge in [-0.3, -0.25) is 8.78 Å². The van der Waals surface area contributed by atoms with Crippen molar-refractivity contribution in [3.05, 3.63) is 12.7 Å². The highest BCUT2D eigenvalue weighted by Crippen LogP contribution is 2.29. The van der Waals surface area contributed by atoms with E-state index in [2.05, 4.69) is 6.58 Å². The van der Waals surface area contributed by atoms with Gasteiger partial charge in [0.15, 0.2) is 0 Å². The molecular weight excluding hydrogens is 315 g/mol. The van der Waals surface area contributed by atoms with Crippen molar-refractivity contribution >= 4 is 0 Å². The Morgan fingerprint density at radius 1 is 0.857 bits per heavy atom. The van der Waals surface area contributed by atoms with E-state index < -0.39 is 45.5 Å². The zero-order valence-corrected chi connectivity index (χ0v) is 11.7. The molecule has 0 aliphatic rings. The van der Waals surface area contributed by atoms with Crippen LogP contribution in [0.2, 0.25) is 0 Å². The first-order chi connectivity index (χ1) is 9.76. The Bertz CT molecular complexity index is 163. The normalized spacial score (nSPS) is 10.8. The molecule has 21 heavy (non-hydrogen) atoms. The van der Waals surface area contributed by atoms with Gasteiger partial charge in [0.25, 0.3) is 0 Å². The van der Waals surface area contributed by atoms with Crippen LogP contribution in [-0.4, -0.2) is 46.2 Å².